The van der Waals surface area contributed by atoms with Gasteiger partial charge in [0.05, 0.1) is 5.52 Å². The second kappa shape index (κ2) is 5.51. The van der Waals surface area contributed by atoms with Crippen LogP contribution in [-0.4, -0.2) is 45.7 Å². The van der Waals surface area contributed by atoms with Crippen LogP contribution in [0.25, 0.3) is 10.9 Å². The van der Waals surface area contributed by atoms with Crippen molar-refractivity contribution in [3.63, 3.8) is 0 Å². The molecular formula is C13H15N3O3. The monoisotopic (exact) mass is 261 g/mol. The van der Waals surface area contributed by atoms with E-state index in [1.54, 1.807) is 7.05 Å². The molecule has 0 aliphatic carbocycles. The van der Waals surface area contributed by atoms with Gasteiger partial charge in [-0.15, -0.1) is 0 Å². The molecule has 2 rings (SSSR count). The normalized spacial score (nSPS) is 10.6. The molecule has 1 heterocycles. The van der Waals surface area contributed by atoms with Gasteiger partial charge in [0.25, 0.3) is 5.91 Å². The number of nitrogens with zero attached hydrogens (tertiary/aromatic N) is 2. The predicted octanol–water partition coefficient (Wildman–Crippen LogP) is 1.50. The Balaban J connectivity index is 2.08. The third-order valence-corrected chi connectivity index (χ3v) is 2.90. The number of hydrogen-bond acceptors (Lipinski definition) is 3. The van der Waals surface area contributed by atoms with Crippen LogP contribution in [0.5, 0.6) is 0 Å². The quantitative estimate of drug-likeness (QED) is 0.854. The summed E-state index contributed by atoms with van der Waals surface area (Å²) in [5.74, 6) is -1.06. The molecule has 0 aliphatic heterocycles. The summed E-state index contributed by atoms with van der Waals surface area (Å²) >= 11 is 0. The van der Waals surface area contributed by atoms with Crippen LogP contribution < -0.4 is 0 Å². The zero-order valence-corrected chi connectivity index (χ0v) is 10.6. The van der Waals surface area contributed by atoms with Gasteiger partial charge in [-0.05, 0) is 12.5 Å². The Labute approximate surface area is 110 Å². The maximum Gasteiger partial charge on any atom is 0.303 e. The summed E-state index contributed by atoms with van der Waals surface area (Å²) < 4.78 is 0. The molecular weight excluding hydrogens is 246 g/mol. The van der Waals surface area contributed by atoms with Gasteiger partial charge in [0.1, 0.15) is 0 Å². The van der Waals surface area contributed by atoms with Crippen molar-refractivity contribution >= 4 is 22.8 Å². The average molecular weight is 261 g/mol. The minimum Gasteiger partial charge on any atom is -0.481 e. The molecule has 0 unspecified atom stereocenters. The number of fused-ring (bicyclic) bond motifs is 1. The minimum absolute atomic E-state index is 0.0545. The lowest BCUT2D eigenvalue weighted by atomic mass is 10.2. The van der Waals surface area contributed by atoms with Gasteiger partial charge < -0.3 is 10.0 Å². The van der Waals surface area contributed by atoms with Crippen molar-refractivity contribution in [1.82, 2.24) is 15.1 Å². The fraction of sp³-hybridized carbons (Fsp3) is 0.308. The molecule has 0 saturated heterocycles. The van der Waals surface area contributed by atoms with E-state index in [4.69, 9.17) is 5.11 Å². The molecule has 0 bridgehead atoms. The molecule has 0 atom stereocenters. The second-order valence-corrected chi connectivity index (χ2v) is 4.34. The molecule has 2 aromatic rings. The van der Waals surface area contributed by atoms with Gasteiger partial charge in [-0.1, -0.05) is 18.2 Å². The van der Waals surface area contributed by atoms with E-state index in [2.05, 4.69) is 10.2 Å². The summed E-state index contributed by atoms with van der Waals surface area (Å²) in [5, 5.41) is 16.2. The first-order chi connectivity index (χ1) is 9.09. The number of nitrogens with one attached hydrogen (secondary N) is 1. The lowest BCUT2D eigenvalue weighted by molar-refractivity contribution is -0.137. The molecule has 0 radical (unpaired) electrons. The standard InChI is InChI=1S/C13H15N3O3/c1-16(8-4-7-11(17)18)13(19)12-9-5-2-3-6-10(9)14-15-12/h2-3,5-6H,4,7-8H2,1H3,(H,14,15)(H,17,18). The van der Waals surface area contributed by atoms with E-state index in [0.717, 1.165) is 10.9 Å². The van der Waals surface area contributed by atoms with Crippen molar-refractivity contribution in [3.05, 3.63) is 30.0 Å². The topological polar surface area (TPSA) is 86.3 Å². The van der Waals surface area contributed by atoms with Crippen molar-refractivity contribution in [2.75, 3.05) is 13.6 Å². The number of carbonyl (C=O) groups excluding carboxylic acids is 1. The van der Waals surface area contributed by atoms with Gasteiger partial charge >= 0.3 is 5.97 Å². The van der Waals surface area contributed by atoms with Crippen molar-refractivity contribution in [3.8, 4) is 0 Å². The molecule has 6 heteroatoms. The molecule has 0 saturated carbocycles. The average Bonchev–Trinajstić information content (AvgIpc) is 2.81. The highest BCUT2D eigenvalue weighted by molar-refractivity contribution is 6.04. The second-order valence-electron chi connectivity index (χ2n) is 4.34. The third-order valence-electron chi connectivity index (χ3n) is 2.90. The van der Waals surface area contributed by atoms with E-state index in [1.807, 2.05) is 24.3 Å². The molecule has 1 aromatic heterocycles. The fourth-order valence-electron chi connectivity index (χ4n) is 1.88. The highest BCUT2D eigenvalue weighted by Crippen LogP contribution is 2.16. The van der Waals surface area contributed by atoms with Crippen molar-refractivity contribution in [2.24, 2.45) is 0 Å². The first-order valence-electron chi connectivity index (χ1n) is 6.00. The van der Waals surface area contributed by atoms with Crippen LogP contribution in [0.1, 0.15) is 23.3 Å². The maximum atomic E-state index is 12.2. The maximum absolute atomic E-state index is 12.2. The van der Waals surface area contributed by atoms with Gasteiger partial charge in [0, 0.05) is 25.4 Å². The van der Waals surface area contributed by atoms with E-state index < -0.39 is 5.97 Å². The molecule has 100 valence electrons. The highest BCUT2D eigenvalue weighted by atomic mass is 16.4. The number of carbonyl (C=O) groups is 2. The largest absolute Gasteiger partial charge is 0.481 e. The smallest absolute Gasteiger partial charge is 0.303 e. The Kier molecular flexibility index (Phi) is 3.79. The molecule has 1 amide bonds. The van der Waals surface area contributed by atoms with Crippen molar-refractivity contribution in [2.45, 2.75) is 12.8 Å². The Morgan fingerprint density at radius 1 is 1.37 bits per heavy atom. The number of carboxylic acid groups (broad SMARTS) is 1. The fourth-order valence-corrected chi connectivity index (χ4v) is 1.88. The Hall–Kier alpha value is -2.37. The number of H-pyrrole nitrogens is 1. The van der Waals surface area contributed by atoms with Crippen LogP contribution in [0.4, 0.5) is 0 Å². The van der Waals surface area contributed by atoms with E-state index in [-0.39, 0.29) is 12.3 Å². The minimum atomic E-state index is -0.855. The van der Waals surface area contributed by atoms with Crippen LogP contribution in [0.3, 0.4) is 0 Å². The summed E-state index contributed by atoms with van der Waals surface area (Å²) in [6, 6.07) is 7.39. The SMILES string of the molecule is CN(CCCC(=O)O)C(=O)c1n[nH]c2ccccc12. The third kappa shape index (κ3) is 2.90. The number of benzene rings is 1. The summed E-state index contributed by atoms with van der Waals surface area (Å²) in [6.45, 7) is 0.395. The molecule has 0 fully saturated rings. The molecule has 0 spiro atoms. The van der Waals surface area contributed by atoms with E-state index in [0.29, 0.717) is 18.7 Å². The van der Waals surface area contributed by atoms with Crippen LogP contribution in [0, 0.1) is 0 Å². The van der Waals surface area contributed by atoms with E-state index in [1.165, 1.54) is 4.90 Å². The predicted molar refractivity (Wildman–Crippen MR) is 69.9 cm³/mol. The lowest BCUT2D eigenvalue weighted by Gasteiger charge is -2.15. The van der Waals surface area contributed by atoms with Gasteiger partial charge in [0.15, 0.2) is 5.69 Å². The van der Waals surface area contributed by atoms with E-state index in [9.17, 15) is 9.59 Å². The number of hydrogen-bond donors (Lipinski definition) is 2. The number of para-hydroxylation sites is 1. The van der Waals surface area contributed by atoms with Crippen molar-refractivity contribution in [1.29, 1.82) is 0 Å². The number of aliphatic carboxylic acids is 1. The number of aromatic amines is 1. The van der Waals surface area contributed by atoms with Crippen LogP contribution in [0.15, 0.2) is 24.3 Å². The van der Waals surface area contributed by atoms with Gasteiger partial charge in [-0.2, -0.15) is 5.10 Å². The number of rotatable bonds is 5. The Morgan fingerprint density at radius 3 is 2.84 bits per heavy atom. The van der Waals surface area contributed by atoms with Gasteiger partial charge in [-0.3, -0.25) is 14.7 Å². The number of aromatic nitrogens is 2. The molecule has 0 aliphatic rings. The summed E-state index contributed by atoms with van der Waals surface area (Å²) in [4.78, 5) is 24.1. The lowest BCUT2D eigenvalue weighted by Crippen LogP contribution is -2.28. The first-order valence-corrected chi connectivity index (χ1v) is 6.00. The summed E-state index contributed by atoms with van der Waals surface area (Å²) in [6.07, 6.45) is 0.485. The molecule has 2 N–H and O–H groups in total. The Bertz CT molecular complexity index is 606. The molecule has 19 heavy (non-hydrogen) atoms. The molecule has 1 aromatic carbocycles. The van der Waals surface area contributed by atoms with Crippen LogP contribution >= 0.6 is 0 Å². The van der Waals surface area contributed by atoms with Gasteiger partial charge in [-0.25, -0.2) is 0 Å². The first kappa shape index (κ1) is 13.1. The van der Waals surface area contributed by atoms with E-state index >= 15 is 0 Å². The Morgan fingerprint density at radius 2 is 2.11 bits per heavy atom. The van der Waals surface area contributed by atoms with Gasteiger partial charge in [0.2, 0.25) is 0 Å². The summed E-state index contributed by atoms with van der Waals surface area (Å²) in [7, 11) is 1.65. The molecule has 6 nitrogen and oxygen atoms in total. The zero-order valence-electron chi connectivity index (χ0n) is 10.6. The van der Waals surface area contributed by atoms with Crippen molar-refractivity contribution < 1.29 is 14.7 Å². The highest BCUT2D eigenvalue weighted by Gasteiger charge is 2.17. The number of amides is 1. The van der Waals surface area contributed by atoms with Crippen LogP contribution in [-0.2, 0) is 4.79 Å². The zero-order chi connectivity index (χ0) is 13.8. The number of carboxylic acids is 1. The van der Waals surface area contributed by atoms with Crippen LogP contribution in [0.2, 0.25) is 0 Å². The summed E-state index contributed by atoms with van der Waals surface area (Å²) in [5.41, 5.74) is 1.18.